The van der Waals surface area contributed by atoms with Gasteiger partial charge in [-0.05, 0) is 47.1 Å². The van der Waals surface area contributed by atoms with Crippen LogP contribution in [0.25, 0.3) is 11.1 Å². The van der Waals surface area contributed by atoms with Gasteiger partial charge in [-0.15, -0.1) is 0 Å². The molecule has 0 aromatic heterocycles. The van der Waals surface area contributed by atoms with Gasteiger partial charge in [0.15, 0.2) is 0 Å². The third kappa shape index (κ3) is 1.58. The number of rotatable bonds is 1. The first-order chi connectivity index (χ1) is 9.28. The van der Waals surface area contributed by atoms with Gasteiger partial charge >= 0.3 is 0 Å². The van der Waals surface area contributed by atoms with Crippen LogP contribution in [0.2, 0.25) is 0 Å². The third-order valence-corrected chi connectivity index (χ3v) is 4.78. The SMILES string of the molecule is OC1(c2cccc3c2Cc2ccccc2-3)CCCC1. The van der Waals surface area contributed by atoms with Gasteiger partial charge in [0.1, 0.15) is 0 Å². The molecular formula is C18H18O. The number of hydrogen-bond donors (Lipinski definition) is 1. The van der Waals surface area contributed by atoms with Crippen molar-refractivity contribution in [2.24, 2.45) is 0 Å². The van der Waals surface area contributed by atoms with Crippen molar-refractivity contribution >= 4 is 0 Å². The zero-order chi connectivity index (χ0) is 12.9. The molecule has 0 atom stereocenters. The van der Waals surface area contributed by atoms with Gasteiger partial charge in [-0.1, -0.05) is 55.3 Å². The maximum Gasteiger partial charge on any atom is 0.0899 e. The van der Waals surface area contributed by atoms with E-state index in [9.17, 15) is 5.11 Å². The van der Waals surface area contributed by atoms with Gasteiger partial charge < -0.3 is 5.11 Å². The van der Waals surface area contributed by atoms with Gasteiger partial charge in [-0.2, -0.15) is 0 Å². The number of aliphatic hydroxyl groups is 1. The van der Waals surface area contributed by atoms with E-state index in [1.807, 2.05) is 0 Å². The van der Waals surface area contributed by atoms with Crippen molar-refractivity contribution in [3.63, 3.8) is 0 Å². The predicted molar refractivity (Wildman–Crippen MR) is 77.0 cm³/mol. The molecular weight excluding hydrogens is 232 g/mol. The quantitative estimate of drug-likeness (QED) is 0.691. The van der Waals surface area contributed by atoms with Crippen molar-refractivity contribution in [3.05, 3.63) is 59.2 Å². The standard InChI is InChI=1S/C18H18O/c19-18(10-3-4-11-18)17-9-5-8-15-14-7-2-1-6-13(14)12-16(15)17/h1-2,5-9,19H,3-4,10-12H2. The van der Waals surface area contributed by atoms with E-state index >= 15 is 0 Å². The van der Waals surface area contributed by atoms with Crippen LogP contribution in [-0.2, 0) is 12.0 Å². The first-order valence-corrected chi connectivity index (χ1v) is 7.21. The fraction of sp³-hybridized carbons (Fsp3) is 0.333. The van der Waals surface area contributed by atoms with Crippen LogP contribution in [0.5, 0.6) is 0 Å². The lowest BCUT2D eigenvalue weighted by atomic mass is 9.86. The Hall–Kier alpha value is -1.60. The molecule has 19 heavy (non-hydrogen) atoms. The Morgan fingerprint density at radius 2 is 1.58 bits per heavy atom. The lowest BCUT2D eigenvalue weighted by Gasteiger charge is -2.25. The van der Waals surface area contributed by atoms with Crippen molar-refractivity contribution in [2.75, 3.05) is 0 Å². The van der Waals surface area contributed by atoms with Crippen LogP contribution in [0.1, 0.15) is 42.4 Å². The summed E-state index contributed by atoms with van der Waals surface area (Å²) < 4.78 is 0. The van der Waals surface area contributed by atoms with E-state index in [2.05, 4.69) is 42.5 Å². The number of fused-ring (bicyclic) bond motifs is 3. The van der Waals surface area contributed by atoms with Crippen molar-refractivity contribution < 1.29 is 5.11 Å². The molecule has 4 rings (SSSR count). The maximum atomic E-state index is 10.9. The average Bonchev–Trinajstić information content (AvgIpc) is 3.02. The van der Waals surface area contributed by atoms with Gasteiger partial charge in [0.2, 0.25) is 0 Å². The fourth-order valence-corrected chi connectivity index (χ4v) is 3.82. The largest absolute Gasteiger partial charge is 0.385 e. The van der Waals surface area contributed by atoms with Gasteiger partial charge in [-0.3, -0.25) is 0 Å². The predicted octanol–water partition coefficient (Wildman–Crippen LogP) is 4.02. The monoisotopic (exact) mass is 250 g/mol. The minimum atomic E-state index is -0.576. The molecule has 1 saturated carbocycles. The normalized spacial score (nSPS) is 19.2. The highest BCUT2D eigenvalue weighted by Crippen LogP contribution is 2.46. The highest BCUT2D eigenvalue weighted by atomic mass is 16.3. The summed E-state index contributed by atoms with van der Waals surface area (Å²) in [5, 5.41) is 10.9. The molecule has 0 amide bonds. The first-order valence-electron chi connectivity index (χ1n) is 7.21. The Morgan fingerprint density at radius 3 is 2.42 bits per heavy atom. The molecule has 1 nitrogen and oxygen atoms in total. The van der Waals surface area contributed by atoms with Crippen LogP contribution in [0.3, 0.4) is 0 Å². The molecule has 2 aromatic rings. The summed E-state index contributed by atoms with van der Waals surface area (Å²) in [6, 6.07) is 15.0. The van der Waals surface area contributed by atoms with Crippen LogP contribution in [0.15, 0.2) is 42.5 Å². The summed E-state index contributed by atoms with van der Waals surface area (Å²) in [6.07, 6.45) is 5.10. The first kappa shape index (κ1) is 11.2. The minimum Gasteiger partial charge on any atom is -0.385 e. The Kier molecular flexibility index (Phi) is 2.33. The van der Waals surface area contributed by atoms with Crippen LogP contribution in [0, 0.1) is 0 Å². The molecule has 2 aliphatic rings. The van der Waals surface area contributed by atoms with E-state index in [-0.39, 0.29) is 0 Å². The third-order valence-electron chi connectivity index (χ3n) is 4.78. The Balaban J connectivity index is 1.90. The molecule has 1 fully saturated rings. The van der Waals surface area contributed by atoms with Gasteiger partial charge in [0, 0.05) is 0 Å². The smallest absolute Gasteiger partial charge is 0.0899 e. The summed E-state index contributed by atoms with van der Waals surface area (Å²) in [7, 11) is 0. The van der Waals surface area contributed by atoms with Crippen LogP contribution in [-0.4, -0.2) is 5.11 Å². The van der Waals surface area contributed by atoms with E-state index in [4.69, 9.17) is 0 Å². The zero-order valence-electron chi connectivity index (χ0n) is 11.0. The summed E-state index contributed by atoms with van der Waals surface area (Å²) in [5.74, 6) is 0. The fourth-order valence-electron chi connectivity index (χ4n) is 3.82. The van der Waals surface area contributed by atoms with E-state index in [0.717, 1.165) is 32.1 Å². The van der Waals surface area contributed by atoms with Crippen LogP contribution < -0.4 is 0 Å². The summed E-state index contributed by atoms with van der Waals surface area (Å²) >= 11 is 0. The molecule has 0 spiro atoms. The molecule has 2 aromatic carbocycles. The second-order valence-corrected chi connectivity index (χ2v) is 5.90. The topological polar surface area (TPSA) is 20.2 Å². The molecule has 0 unspecified atom stereocenters. The number of hydrogen-bond acceptors (Lipinski definition) is 1. The second-order valence-electron chi connectivity index (χ2n) is 5.90. The van der Waals surface area contributed by atoms with E-state index < -0.39 is 5.60 Å². The van der Waals surface area contributed by atoms with Crippen molar-refractivity contribution in [1.82, 2.24) is 0 Å². The molecule has 0 bridgehead atoms. The minimum absolute atomic E-state index is 0.576. The molecule has 1 heteroatoms. The Labute approximate surface area is 113 Å². The van der Waals surface area contributed by atoms with Gasteiger partial charge in [0.25, 0.3) is 0 Å². The Bertz CT molecular complexity index is 636. The second kappa shape index (κ2) is 3.94. The van der Waals surface area contributed by atoms with Crippen LogP contribution >= 0.6 is 0 Å². The molecule has 0 radical (unpaired) electrons. The highest BCUT2D eigenvalue weighted by molar-refractivity contribution is 5.78. The molecule has 1 N–H and O–H groups in total. The lowest BCUT2D eigenvalue weighted by Crippen LogP contribution is -2.22. The van der Waals surface area contributed by atoms with Gasteiger partial charge in [-0.25, -0.2) is 0 Å². The maximum absolute atomic E-state index is 10.9. The van der Waals surface area contributed by atoms with Crippen molar-refractivity contribution in [3.8, 4) is 11.1 Å². The summed E-state index contributed by atoms with van der Waals surface area (Å²) in [5.41, 5.74) is 6.03. The van der Waals surface area contributed by atoms with Crippen LogP contribution in [0.4, 0.5) is 0 Å². The highest BCUT2D eigenvalue weighted by Gasteiger charge is 2.36. The molecule has 0 heterocycles. The average molecular weight is 250 g/mol. The summed E-state index contributed by atoms with van der Waals surface area (Å²) in [4.78, 5) is 0. The number of benzene rings is 2. The molecule has 96 valence electrons. The summed E-state index contributed by atoms with van der Waals surface area (Å²) in [6.45, 7) is 0. The zero-order valence-corrected chi connectivity index (χ0v) is 11.0. The lowest BCUT2D eigenvalue weighted by molar-refractivity contribution is 0.0438. The molecule has 0 aliphatic heterocycles. The van der Waals surface area contributed by atoms with Crippen molar-refractivity contribution in [2.45, 2.75) is 37.7 Å². The van der Waals surface area contributed by atoms with Gasteiger partial charge in [0.05, 0.1) is 5.60 Å². The van der Waals surface area contributed by atoms with E-state index in [1.54, 1.807) is 0 Å². The molecule has 0 saturated heterocycles. The van der Waals surface area contributed by atoms with E-state index in [1.165, 1.54) is 27.8 Å². The van der Waals surface area contributed by atoms with Crippen molar-refractivity contribution in [1.29, 1.82) is 0 Å². The molecule has 2 aliphatic carbocycles. The van der Waals surface area contributed by atoms with E-state index in [0.29, 0.717) is 0 Å². The Morgan fingerprint density at radius 1 is 0.842 bits per heavy atom.